The highest BCUT2D eigenvalue weighted by atomic mass is 16.5. The average Bonchev–Trinajstić information content (AvgIpc) is 2.97. The first kappa shape index (κ1) is 9.59. The van der Waals surface area contributed by atoms with Crippen molar-refractivity contribution in [2.24, 2.45) is 0 Å². The van der Waals surface area contributed by atoms with E-state index in [1.54, 1.807) is 17.8 Å². The Morgan fingerprint density at radius 3 is 3.19 bits per heavy atom. The van der Waals surface area contributed by atoms with Gasteiger partial charge in [0, 0.05) is 12.5 Å². The third kappa shape index (κ3) is 1.44. The molecule has 2 aromatic rings. The first-order chi connectivity index (χ1) is 7.88. The van der Waals surface area contributed by atoms with Crippen molar-refractivity contribution in [3.63, 3.8) is 0 Å². The Bertz CT molecular complexity index is 502. The maximum atomic E-state index is 5.21. The number of methoxy groups -OCH3 is 1. The Hall–Kier alpha value is -1.62. The van der Waals surface area contributed by atoms with E-state index in [9.17, 15) is 0 Å². The lowest BCUT2D eigenvalue weighted by Crippen LogP contribution is -2.10. The summed E-state index contributed by atoms with van der Waals surface area (Å²) < 4.78 is 6.97. The minimum absolute atomic E-state index is 0.511. The normalized spacial score (nSPS) is 20.4. The molecule has 1 N–H and O–H groups in total. The van der Waals surface area contributed by atoms with E-state index in [1.165, 1.54) is 0 Å². The van der Waals surface area contributed by atoms with E-state index in [1.807, 2.05) is 6.07 Å². The van der Waals surface area contributed by atoms with Gasteiger partial charge in [-0.05, 0) is 25.1 Å². The Labute approximate surface area is 93.4 Å². The summed E-state index contributed by atoms with van der Waals surface area (Å²) in [5, 5.41) is 7.92. The quantitative estimate of drug-likeness (QED) is 0.810. The minimum Gasteiger partial charge on any atom is -0.480 e. The lowest BCUT2D eigenvalue weighted by molar-refractivity contribution is 0.386. The summed E-state index contributed by atoms with van der Waals surface area (Å²) in [6.07, 6.45) is 2.84. The molecule has 0 bridgehead atoms. The molecule has 1 aliphatic rings. The van der Waals surface area contributed by atoms with Crippen molar-refractivity contribution in [1.29, 1.82) is 0 Å². The summed E-state index contributed by atoms with van der Waals surface area (Å²) in [6.45, 7) is 2.08. The van der Waals surface area contributed by atoms with Crippen molar-refractivity contribution in [3.8, 4) is 5.88 Å². The van der Waals surface area contributed by atoms with E-state index >= 15 is 0 Å². The Morgan fingerprint density at radius 2 is 2.44 bits per heavy atom. The first-order valence-corrected chi connectivity index (χ1v) is 5.48. The van der Waals surface area contributed by atoms with E-state index in [0.29, 0.717) is 11.8 Å². The van der Waals surface area contributed by atoms with Crippen molar-refractivity contribution in [1.82, 2.24) is 19.9 Å². The maximum Gasteiger partial charge on any atom is 0.235 e. The van der Waals surface area contributed by atoms with Gasteiger partial charge in [0.25, 0.3) is 0 Å². The van der Waals surface area contributed by atoms with E-state index in [4.69, 9.17) is 4.74 Å². The van der Waals surface area contributed by atoms with Gasteiger partial charge in [0.05, 0.1) is 19.0 Å². The number of aromatic nitrogens is 3. The van der Waals surface area contributed by atoms with Crippen LogP contribution in [-0.2, 0) is 0 Å². The molecular weight excluding hydrogens is 204 g/mol. The summed E-state index contributed by atoms with van der Waals surface area (Å²) in [4.78, 5) is 4.22. The van der Waals surface area contributed by atoms with E-state index in [-0.39, 0.29) is 0 Å². The molecule has 0 amide bonds. The molecule has 0 radical (unpaired) electrons. The SMILES string of the molecule is COc1cnc2ccc(C3CCNC3)nn12. The third-order valence-corrected chi connectivity index (χ3v) is 3.04. The monoisotopic (exact) mass is 218 g/mol. The van der Waals surface area contributed by atoms with Crippen LogP contribution in [-0.4, -0.2) is 34.8 Å². The molecule has 1 unspecified atom stereocenters. The standard InChI is InChI=1S/C11H14N4O/c1-16-11-7-13-10-3-2-9(14-15(10)11)8-4-5-12-6-8/h2-3,7-8,12H,4-6H2,1H3. The largest absolute Gasteiger partial charge is 0.480 e. The van der Waals surface area contributed by atoms with Crippen LogP contribution in [0.15, 0.2) is 18.3 Å². The highest BCUT2D eigenvalue weighted by Crippen LogP contribution is 2.21. The second-order valence-corrected chi connectivity index (χ2v) is 4.02. The van der Waals surface area contributed by atoms with Gasteiger partial charge in [-0.15, -0.1) is 0 Å². The van der Waals surface area contributed by atoms with Crippen molar-refractivity contribution in [2.45, 2.75) is 12.3 Å². The summed E-state index contributed by atoms with van der Waals surface area (Å²) in [5.41, 5.74) is 1.93. The zero-order valence-corrected chi connectivity index (χ0v) is 9.18. The van der Waals surface area contributed by atoms with Gasteiger partial charge in [0.2, 0.25) is 5.88 Å². The number of hydrogen-bond acceptors (Lipinski definition) is 4. The molecule has 2 aromatic heterocycles. The third-order valence-electron chi connectivity index (χ3n) is 3.04. The fraction of sp³-hybridized carbons (Fsp3) is 0.455. The molecule has 0 saturated carbocycles. The van der Waals surface area contributed by atoms with Crippen LogP contribution in [0.25, 0.3) is 5.65 Å². The molecule has 1 aliphatic heterocycles. The summed E-state index contributed by atoms with van der Waals surface area (Å²) in [7, 11) is 1.63. The second kappa shape index (κ2) is 3.75. The molecular formula is C11H14N4O. The molecule has 5 heteroatoms. The van der Waals surface area contributed by atoms with Crippen molar-refractivity contribution >= 4 is 5.65 Å². The average molecular weight is 218 g/mol. The molecule has 16 heavy (non-hydrogen) atoms. The smallest absolute Gasteiger partial charge is 0.235 e. The van der Waals surface area contributed by atoms with Gasteiger partial charge in [0.15, 0.2) is 5.65 Å². The molecule has 5 nitrogen and oxygen atoms in total. The summed E-state index contributed by atoms with van der Waals surface area (Å²) in [6, 6.07) is 4.04. The van der Waals surface area contributed by atoms with E-state index in [0.717, 1.165) is 30.9 Å². The number of fused-ring (bicyclic) bond motifs is 1. The fourth-order valence-corrected chi connectivity index (χ4v) is 2.13. The lowest BCUT2D eigenvalue weighted by atomic mass is 10.1. The molecule has 0 aromatic carbocycles. The molecule has 1 atom stereocenters. The molecule has 3 heterocycles. The number of hydrogen-bond donors (Lipinski definition) is 1. The maximum absolute atomic E-state index is 5.21. The predicted molar refractivity (Wildman–Crippen MR) is 59.8 cm³/mol. The topological polar surface area (TPSA) is 51.5 Å². The predicted octanol–water partition coefficient (Wildman–Crippen LogP) is 0.815. The van der Waals surface area contributed by atoms with Crippen molar-refractivity contribution in [3.05, 3.63) is 24.0 Å². The van der Waals surface area contributed by atoms with Crippen LogP contribution in [0, 0.1) is 0 Å². The molecule has 3 rings (SSSR count). The molecule has 84 valence electrons. The number of nitrogens with zero attached hydrogens (tertiary/aromatic N) is 3. The zero-order valence-electron chi connectivity index (χ0n) is 9.18. The molecule has 0 aliphatic carbocycles. The van der Waals surface area contributed by atoms with Crippen LogP contribution in [0.4, 0.5) is 0 Å². The van der Waals surface area contributed by atoms with Crippen LogP contribution in [0.3, 0.4) is 0 Å². The van der Waals surface area contributed by atoms with Gasteiger partial charge in [-0.2, -0.15) is 9.61 Å². The highest BCUT2D eigenvalue weighted by Gasteiger charge is 2.18. The Kier molecular flexibility index (Phi) is 2.25. The Balaban J connectivity index is 2.06. The molecule has 0 spiro atoms. The second-order valence-electron chi connectivity index (χ2n) is 4.02. The van der Waals surface area contributed by atoms with Crippen molar-refractivity contribution < 1.29 is 4.74 Å². The van der Waals surface area contributed by atoms with Gasteiger partial charge >= 0.3 is 0 Å². The minimum atomic E-state index is 0.511. The lowest BCUT2D eigenvalue weighted by Gasteiger charge is -2.08. The van der Waals surface area contributed by atoms with Crippen LogP contribution in [0.5, 0.6) is 5.88 Å². The highest BCUT2D eigenvalue weighted by molar-refractivity contribution is 5.41. The number of ether oxygens (including phenoxy) is 1. The number of rotatable bonds is 2. The van der Waals surface area contributed by atoms with Crippen LogP contribution in [0.2, 0.25) is 0 Å². The van der Waals surface area contributed by atoms with Gasteiger partial charge in [0.1, 0.15) is 0 Å². The van der Waals surface area contributed by atoms with Gasteiger partial charge < -0.3 is 10.1 Å². The summed E-state index contributed by atoms with van der Waals surface area (Å²) >= 11 is 0. The van der Waals surface area contributed by atoms with Crippen molar-refractivity contribution in [2.75, 3.05) is 20.2 Å². The molecule has 1 saturated heterocycles. The van der Waals surface area contributed by atoms with E-state index in [2.05, 4.69) is 21.5 Å². The number of nitrogens with one attached hydrogen (secondary N) is 1. The van der Waals surface area contributed by atoms with Crippen LogP contribution >= 0.6 is 0 Å². The number of imidazole rings is 1. The summed E-state index contributed by atoms with van der Waals surface area (Å²) in [5.74, 6) is 1.19. The Morgan fingerprint density at radius 1 is 1.50 bits per heavy atom. The molecule has 1 fully saturated rings. The van der Waals surface area contributed by atoms with Crippen LogP contribution < -0.4 is 10.1 Å². The van der Waals surface area contributed by atoms with E-state index < -0.39 is 0 Å². The first-order valence-electron chi connectivity index (χ1n) is 5.48. The van der Waals surface area contributed by atoms with Gasteiger partial charge in [-0.25, -0.2) is 4.98 Å². The zero-order chi connectivity index (χ0) is 11.0. The van der Waals surface area contributed by atoms with Gasteiger partial charge in [-0.3, -0.25) is 0 Å². The van der Waals surface area contributed by atoms with Crippen LogP contribution in [0.1, 0.15) is 18.0 Å². The fourth-order valence-electron chi connectivity index (χ4n) is 2.13. The van der Waals surface area contributed by atoms with Gasteiger partial charge in [-0.1, -0.05) is 0 Å².